The minimum absolute atomic E-state index is 0.0376. The summed E-state index contributed by atoms with van der Waals surface area (Å²) in [5.74, 6) is 0.678. The molecule has 0 amide bonds. The number of ether oxygens (including phenoxy) is 1. The van der Waals surface area contributed by atoms with Gasteiger partial charge in [-0.15, -0.1) is 0 Å². The van der Waals surface area contributed by atoms with Crippen molar-refractivity contribution in [2.24, 2.45) is 0 Å². The Labute approximate surface area is 133 Å². The van der Waals surface area contributed by atoms with Crippen molar-refractivity contribution in [2.75, 3.05) is 11.9 Å². The van der Waals surface area contributed by atoms with Crippen LogP contribution in [-0.2, 0) is 0 Å². The van der Waals surface area contributed by atoms with Gasteiger partial charge in [0.05, 0.1) is 21.6 Å². The third-order valence-electron chi connectivity index (χ3n) is 2.68. The number of halogens is 3. The van der Waals surface area contributed by atoms with Crippen LogP contribution in [0.1, 0.15) is 6.92 Å². The van der Waals surface area contributed by atoms with Crippen LogP contribution < -0.4 is 10.1 Å². The van der Waals surface area contributed by atoms with Gasteiger partial charge in [-0.05, 0) is 37.3 Å². The van der Waals surface area contributed by atoms with Crippen LogP contribution >= 0.6 is 34.8 Å². The molecular weight excluding hydrogens is 317 g/mol. The van der Waals surface area contributed by atoms with E-state index in [4.69, 9.17) is 39.5 Å². The standard InChI is InChI=1S/C15H14Cl3NO/c1-10(20-15-5-3-2-4-13(15)17)9-19-11-6-7-12(16)14(18)8-11/h2-8,10,19H,9H2,1H3. The Hall–Kier alpha value is -1.09. The number of hydrogen-bond donors (Lipinski definition) is 1. The lowest BCUT2D eigenvalue weighted by Gasteiger charge is -2.17. The molecule has 0 saturated heterocycles. The molecule has 0 saturated carbocycles. The Morgan fingerprint density at radius 3 is 2.45 bits per heavy atom. The molecule has 2 aromatic carbocycles. The minimum Gasteiger partial charge on any atom is -0.487 e. The maximum absolute atomic E-state index is 6.05. The Morgan fingerprint density at radius 1 is 1.00 bits per heavy atom. The van der Waals surface area contributed by atoms with Crippen molar-refractivity contribution in [1.29, 1.82) is 0 Å². The van der Waals surface area contributed by atoms with Gasteiger partial charge in [0.2, 0.25) is 0 Å². The molecular formula is C15H14Cl3NO. The van der Waals surface area contributed by atoms with Gasteiger partial charge in [-0.3, -0.25) is 0 Å². The molecule has 20 heavy (non-hydrogen) atoms. The minimum atomic E-state index is -0.0376. The first kappa shape index (κ1) is 15.3. The van der Waals surface area contributed by atoms with Gasteiger partial charge in [-0.25, -0.2) is 0 Å². The largest absolute Gasteiger partial charge is 0.487 e. The summed E-state index contributed by atoms with van der Waals surface area (Å²) in [6.45, 7) is 2.59. The second-order valence-electron chi connectivity index (χ2n) is 4.37. The van der Waals surface area contributed by atoms with Gasteiger partial charge in [0.15, 0.2) is 0 Å². The Kier molecular flexibility index (Phi) is 5.41. The molecule has 0 spiro atoms. The molecule has 5 heteroatoms. The lowest BCUT2D eigenvalue weighted by Crippen LogP contribution is -2.22. The van der Waals surface area contributed by atoms with E-state index in [1.807, 2.05) is 31.2 Å². The molecule has 0 aliphatic heterocycles. The van der Waals surface area contributed by atoms with Crippen molar-refractivity contribution in [3.63, 3.8) is 0 Å². The summed E-state index contributed by atoms with van der Waals surface area (Å²) in [5, 5.41) is 4.91. The zero-order valence-electron chi connectivity index (χ0n) is 10.9. The van der Waals surface area contributed by atoms with Crippen molar-refractivity contribution in [2.45, 2.75) is 13.0 Å². The smallest absolute Gasteiger partial charge is 0.138 e. The normalized spacial score (nSPS) is 12.0. The Bertz CT molecular complexity index is 589. The van der Waals surface area contributed by atoms with Gasteiger partial charge in [-0.1, -0.05) is 46.9 Å². The van der Waals surface area contributed by atoms with Crippen molar-refractivity contribution < 1.29 is 4.74 Å². The van der Waals surface area contributed by atoms with Crippen LogP contribution in [-0.4, -0.2) is 12.6 Å². The molecule has 0 aliphatic carbocycles. The fourth-order valence-corrected chi connectivity index (χ4v) is 2.14. The molecule has 0 heterocycles. The van der Waals surface area contributed by atoms with Crippen LogP contribution in [0.5, 0.6) is 5.75 Å². The zero-order chi connectivity index (χ0) is 14.5. The number of hydrogen-bond acceptors (Lipinski definition) is 2. The highest BCUT2D eigenvalue weighted by atomic mass is 35.5. The van der Waals surface area contributed by atoms with Crippen molar-refractivity contribution in [3.8, 4) is 5.75 Å². The molecule has 1 atom stereocenters. The van der Waals surface area contributed by atoms with Crippen molar-refractivity contribution >= 4 is 40.5 Å². The fraction of sp³-hybridized carbons (Fsp3) is 0.200. The number of para-hydroxylation sites is 1. The van der Waals surface area contributed by atoms with Gasteiger partial charge in [-0.2, -0.15) is 0 Å². The first-order chi connectivity index (χ1) is 9.56. The quantitative estimate of drug-likeness (QED) is 0.778. The van der Waals surface area contributed by atoms with Crippen LogP contribution in [0.15, 0.2) is 42.5 Å². The molecule has 2 nitrogen and oxygen atoms in total. The molecule has 0 fully saturated rings. The molecule has 1 N–H and O–H groups in total. The zero-order valence-corrected chi connectivity index (χ0v) is 13.1. The predicted molar refractivity (Wildman–Crippen MR) is 86.5 cm³/mol. The highest BCUT2D eigenvalue weighted by molar-refractivity contribution is 6.42. The molecule has 0 radical (unpaired) electrons. The van der Waals surface area contributed by atoms with Gasteiger partial charge in [0, 0.05) is 5.69 Å². The SMILES string of the molecule is CC(CNc1ccc(Cl)c(Cl)c1)Oc1ccccc1Cl. The lowest BCUT2D eigenvalue weighted by molar-refractivity contribution is 0.235. The summed E-state index contributed by atoms with van der Waals surface area (Å²) in [4.78, 5) is 0. The van der Waals surface area contributed by atoms with Crippen LogP contribution in [0, 0.1) is 0 Å². The number of benzene rings is 2. The molecule has 0 bridgehead atoms. The summed E-state index contributed by atoms with van der Waals surface area (Å²) in [6, 6.07) is 12.8. The third-order valence-corrected chi connectivity index (χ3v) is 3.73. The summed E-state index contributed by atoms with van der Waals surface area (Å²) >= 11 is 17.9. The van der Waals surface area contributed by atoms with E-state index in [-0.39, 0.29) is 6.10 Å². The van der Waals surface area contributed by atoms with E-state index in [1.165, 1.54) is 0 Å². The molecule has 106 valence electrons. The van der Waals surface area contributed by atoms with Crippen molar-refractivity contribution in [3.05, 3.63) is 57.5 Å². The Morgan fingerprint density at radius 2 is 1.75 bits per heavy atom. The van der Waals surface area contributed by atoms with Gasteiger partial charge in [0.25, 0.3) is 0 Å². The van der Waals surface area contributed by atoms with Crippen LogP contribution in [0.3, 0.4) is 0 Å². The second kappa shape index (κ2) is 7.07. The highest BCUT2D eigenvalue weighted by Gasteiger charge is 2.07. The fourth-order valence-electron chi connectivity index (χ4n) is 1.67. The summed E-state index contributed by atoms with van der Waals surface area (Å²) < 4.78 is 5.77. The summed E-state index contributed by atoms with van der Waals surface area (Å²) in [6.07, 6.45) is -0.0376. The lowest BCUT2D eigenvalue weighted by atomic mass is 10.3. The van der Waals surface area contributed by atoms with E-state index in [0.29, 0.717) is 27.4 Å². The van der Waals surface area contributed by atoms with Crippen LogP contribution in [0.2, 0.25) is 15.1 Å². The highest BCUT2D eigenvalue weighted by Crippen LogP contribution is 2.26. The number of nitrogens with one attached hydrogen (secondary N) is 1. The van der Waals surface area contributed by atoms with Gasteiger partial charge in [0.1, 0.15) is 11.9 Å². The third kappa shape index (κ3) is 4.20. The average Bonchev–Trinajstić information content (AvgIpc) is 2.43. The van der Waals surface area contributed by atoms with E-state index in [1.54, 1.807) is 18.2 Å². The maximum Gasteiger partial charge on any atom is 0.138 e. The van der Waals surface area contributed by atoms with E-state index in [2.05, 4.69) is 5.32 Å². The van der Waals surface area contributed by atoms with E-state index in [0.717, 1.165) is 5.69 Å². The molecule has 1 unspecified atom stereocenters. The second-order valence-corrected chi connectivity index (χ2v) is 5.59. The Balaban J connectivity index is 1.90. The van der Waals surface area contributed by atoms with E-state index >= 15 is 0 Å². The number of anilines is 1. The predicted octanol–water partition coefficient (Wildman–Crippen LogP) is 5.53. The topological polar surface area (TPSA) is 21.3 Å². The molecule has 0 aliphatic rings. The molecule has 2 aromatic rings. The summed E-state index contributed by atoms with van der Waals surface area (Å²) in [7, 11) is 0. The first-order valence-electron chi connectivity index (χ1n) is 6.16. The van der Waals surface area contributed by atoms with E-state index < -0.39 is 0 Å². The van der Waals surface area contributed by atoms with Gasteiger partial charge < -0.3 is 10.1 Å². The maximum atomic E-state index is 6.05. The van der Waals surface area contributed by atoms with Crippen LogP contribution in [0.25, 0.3) is 0 Å². The number of rotatable bonds is 5. The summed E-state index contributed by atoms with van der Waals surface area (Å²) in [5.41, 5.74) is 0.897. The molecule has 0 aromatic heterocycles. The van der Waals surface area contributed by atoms with Crippen LogP contribution in [0.4, 0.5) is 5.69 Å². The van der Waals surface area contributed by atoms with E-state index in [9.17, 15) is 0 Å². The van der Waals surface area contributed by atoms with Crippen molar-refractivity contribution in [1.82, 2.24) is 0 Å². The van der Waals surface area contributed by atoms with Gasteiger partial charge >= 0.3 is 0 Å². The average molecular weight is 331 g/mol. The monoisotopic (exact) mass is 329 g/mol. The molecule has 2 rings (SSSR count). The first-order valence-corrected chi connectivity index (χ1v) is 7.30.